The van der Waals surface area contributed by atoms with Crippen LogP contribution in [0.25, 0.3) is 0 Å². The minimum absolute atomic E-state index is 0.140. The van der Waals surface area contributed by atoms with Crippen molar-refractivity contribution in [2.75, 3.05) is 12.5 Å². The van der Waals surface area contributed by atoms with Crippen molar-refractivity contribution >= 4 is 34.9 Å². The Morgan fingerprint density at radius 1 is 0.839 bits per heavy atom. The lowest BCUT2D eigenvalue weighted by atomic mass is 9.82. The number of para-hydroxylation sites is 1. The van der Waals surface area contributed by atoms with Crippen molar-refractivity contribution in [3.63, 3.8) is 0 Å². The molecule has 0 atom stereocenters. The first-order valence-electron chi connectivity index (χ1n) is 10.2. The lowest BCUT2D eigenvalue weighted by molar-refractivity contribution is -0.400. The van der Waals surface area contributed by atoms with Crippen molar-refractivity contribution in [2.45, 2.75) is 19.3 Å². The van der Waals surface area contributed by atoms with Gasteiger partial charge in [0.25, 0.3) is 0 Å². The van der Waals surface area contributed by atoms with Gasteiger partial charge >= 0.3 is 0 Å². The number of rotatable bonds is 3. The Bertz CT molecular complexity index is 1330. The minimum Gasteiger partial charge on any atom is -0.289 e. The highest BCUT2D eigenvalue weighted by atomic mass is 16.1. The van der Waals surface area contributed by atoms with Gasteiger partial charge in [-0.1, -0.05) is 54.6 Å². The van der Waals surface area contributed by atoms with Crippen LogP contribution in [0.1, 0.15) is 51.3 Å². The maximum atomic E-state index is 13.1. The van der Waals surface area contributed by atoms with Gasteiger partial charge < -0.3 is 0 Å². The molecule has 0 aromatic heterocycles. The van der Waals surface area contributed by atoms with Crippen molar-refractivity contribution in [3.8, 4) is 0 Å². The number of carbonyl (C=O) groups is 2. The summed E-state index contributed by atoms with van der Waals surface area (Å²) in [7, 11) is 2.03. The zero-order chi connectivity index (χ0) is 21.8. The van der Waals surface area contributed by atoms with E-state index >= 15 is 0 Å². The summed E-state index contributed by atoms with van der Waals surface area (Å²) in [6.07, 6.45) is 1.79. The second-order valence-electron chi connectivity index (χ2n) is 8.39. The summed E-state index contributed by atoms with van der Waals surface area (Å²) in [5.74, 6) is -0.304. The summed E-state index contributed by atoms with van der Waals surface area (Å²) in [4.78, 5) is 26.1. The molecule has 5 rings (SSSR count). The number of ketones is 2. The summed E-state index contributed by atoms with van der Waals surface area (Å²) in [5, 5.41) is 4.46. The van der Waals surface area contributed by atoms with Gasteiger partial charge in [0.1, 0.15) is 13.3 Å². The Hall–Kier alpha value is -3.86. The highest BCUT2D eigenvalue weighted by Gasteiger charge is 2.43. The fourth-order valence-corrected chi connectivity index (χ4v) is 4.63. The van der Waals surface area contributed by atoms with Crippen LogP contribution in [0.4, 0.5) is 11.4 Å². The molecule has 0 saturated carbocycles. The second-order valence-corrected chi connectivity index (χ2v) is 8.39. The predicted molar refractivity (Wildman–Crippen MR) is 122 cm³/mol. The van der Waals surface area contributed by atoms with Crippen molar-refractivity contribution in [1.29, 1.82) is 0 Å². The van der Waals surface area contributed by atoms with Crippen molar-refractivity contribution < 1.29 is 14.2 Å². The van der Waals surface area contributed by atoms with Crippen LogP contribution in [0, 0.1) is 0 Å². The molecule has 5 nitrogen and oxygen atoms in total. The van der Waals surface area contributed by atoms with E-state index in [1.165, 1.54) is 5.56 Å². The molecule has 0 spiro atoms. The van der Waals surface area contributed by atoms with Crippen LogP contribution in [0.2, 0.25) is 0 Å². The molecule has 0 fully saturated rings. The Morgan fingerprint density at radius 2 is 1.48 bits per heavy atom. The van der Waals surface area contributed by atoms with E-state index in [-0.39, 0.29) is 17.0 Å². The first kappa shape index (κ1) is 19.1. The average molecular weight is 408 g/mol. The largest absolute Gasteiger partial charge is 0.289 e. The molecule has 5 heteroatoms. The van der Waals surface area contributed by atoms with Crippen molar-refractivity contribution in [2.24, 2.45) is 5.10 Å². The minimum atomic E-state index is -0.197. The standard InChI is InChI=1S/C26H21N3O2/c1-26(2)19-12-6-7-14-21(19)29(3)22(26)15-27-28-20-13-8-11-18-23(20)25(31)17-10-5-4-9-16(17)24(18)30/h4-15H,1-3H3/p+1. The maximum Gasteiger partial charge on any atom is 0.212 e. The molecule has 0 saturated heterocycles. The zero-order valence-corrected chi connectivity index (χ0v) is 17.6. The van der Waals surface area contributed by atoms with E-state index in [1.807, 2.05) is 19.2 Å². The molecule has 0 bridgehead atoms. The molecule has 1 aliphatic heterocycles. The smallest absolute Gasteiger partial charge is 0.212 e. The molecule has 0 amide bonds. The third-order valence-electron chi connectivity index (χ3n) is 6.26. The fraction of sp³-hybridized carbons (Fsp3) is 0.154. The van der Waals surface area contributed by atoms with E-state index < -0.39 is 0 Å². The third kappa shape index (κ3) is 2.77. The Balaban J connectivity index is 1.50. The highest BCUT2D eigenvalue weighted by molar-refractivity contribution is 6.34. The first-order valence-corrected chi connectivity index (χ1v) is 10.2. The zero-order valence-electron chi connectivity index (χ0n) is 17.6. The van der Waals surface area contributed by atoms with Gasteiger partial charge in [-0.25, -0.2) is 0 Å². The van der Waals surface area contributed by atoms with E-state index in [0.29, 0.717) is 27.9 Å². The molecule has 3 aromatic rings. The Kier molecular flexibility index (Phi) is 4.22. The van der Waals surface area contributed by atoms with Crippen LogP contribution in [0.15, 0.2) is 71.8 Å². The van der Waals surface area contributed by atoms with Crippen molar-refractivity contribution in [1.82, 2.24) is 0 Å². The number of carbonyl (C=O) groups excluding carboxylic acids is 2. The van der Waals surface area contributed by atoms with Gasteiger partial charge in [-0.3, -0.25) is 15.0 Å². The molecule has 1 aliphatic carbocycles. The molecular formula is C26H22N3O2+. The molecule has 2 aliphatic rings. The lowest BCUT2D eigenvalue weighted by Gasteiger charge is -2.19. The summed E-state index contributed by atoms with van der Waals surface area (Å²) >= 11 is 0. The quantitative estimate of drug-likeness (QED) is 0.307. The van der Waals surface area contributed by atoms with Crippen LogP contribution in [-0.4, -0.2) is 35.1 Å². The fourth-order valence-electron chi connectivity index (χ4n) is 4.63. The normalized spacial score (nSPS) is 16.4. The lowest BCUT2D eigenvalue weighted by Crippen LogP contribution is -2.30. The Labute approximate surface area is 180 Å². The third-order valence-corrected chi connectivity index (χ3v) is 6.26. The first-order chi connectivity index (χ1) is 14.9. The monoisotopic (exact) mass is 408 g/mol. The number of nitrogens with one attached hydrogen (secondary N) is 1. The number of benzene rings is 3. The van der Waals surface area contributed by atoms with E-state index in [4.69, 9.17) is 0 Å². The summed E-state index contributed by atoms with van der Waals surface area (Å²) in [5.41, 5.74) is 8.44. The molecule has 152 valence electrons. The van der Waals surface area contributed by atoms with Crippen LogP contribution >= 0.6 is 0 Å². The molecule has 0 unspecified atom stereocenters. The SMILES string of the molecule is C[N+]1=C(/C=N/Nc2cccc3c2C(=O)c2ccccc2C3=O)C(C)(C)c2ccccc21. The number of anilines is 1. The summed E-state index contributed by atoms with van der Waals surface area (Å²) < 4.78 is 2.13. The van der Waals surface area contributed by atoms with Gasteiger partial charge in [-0.05, 0) is 19.9 Å². The predicted octanol–water partition coefficient (Wildman–Crippen LogP) is 4.57. The van der Waals surface area contributed by atoms with E-state index in [9.17, 15) is 9.59 Å². The van der Waals surface area contributed by atoms with Gasteiger partial charge in [0.2, 0.25) is 11.4 Å². The van der Waals surface area contributed by atoms with Gasteiger partial charge in [0.15, 0.2) is 11.6 Å². The molecule has 3 aromatic carbocycles. The van der Waals surface area contributed by atoms with E-state index in [1.54, 1.807) is 48.7 Å². The molecule has 0 radical (unpaired) electrons. The maximum absolute atomic E-state index is 13.1. The number of hydrogen-bond acceptors (Lipinski definition) is 4. The van der Waals surface area contributed by atoms with Gasteiger partial charge in [-0.15, -0.1) is 0 Å². The number of hydrazone groups is 1. The number of hydrogen-bond donors (Lipinski definition) is 1. The molecular weight excluding hydrogens is 386 g/mol. The number of nitrogens with zero attached hydrogens (tertiary/aromatic N) is 2. The van der Waals surface area contributed by atoms with Crippen molar-refractivity contribution in [3.05, 3.63) is 94.5 Å². The number of fused-ring (bicyclic) bond motifs is 3. The van der Waals surface area contributed by atoms with Gasteiger partial charge in [-0.2, -0.15) is 9.68 Å². The van der Waals surface area contributed by atoms with Crippen LogP contribution < -0.4 is 5.43 Å². The van der Waals surface area contributed by atoms with E-state index in [0.717, 1.165) is 11.4 Å². The molecule has 1 heterocycles. The Morgan fingerprint density at radius 3 is 2.23 bits per heavy atom. The van der Waals surface area contributed by atoms with Crippen LogP contribution in [0.5, 0.6) is 0 Å². The van der Waals surface area contributed by atoms with Gasteiger partial charge in [0, 0.05) is 28.3 Å². The van der Waals surface area contributed by atoms with Gasteiger partial charge in [0.05, 0.1) is 16.7 Å². The van der Waals surface area contributed by atoms with E-state index in [2.05, 4.69) is 41.1 Å². The van der Waals surface area contributed by atoms with Crippen LogP contribution in [-0.2, 0) is 5.41 Å². The average Bonchev–Trinajstić information content (AvgIpc) is 2.98. The molecule has 1 N–H and O–H groups in total. The summed E-state index contributed by atoms with van der Waals surface area (Å²) in [6.45, 7) is 4.33. The van der Waals surface area contributed by atoms with Crippen LogP contribution in [0.3, 0.4) is 0 Å². The topological polar surface area (TPSA) is 61.5 Å². The highest BCUT2D eigenvalue weighted by Crippen LogP contribution is 2.38. The second kappa shape index (κ2) is 6.84. The molecule has 31 heavy (non-hydrogen) atoms. The summed E-state index contributed by atoms with van der Waals surface area (Å²) in [6, 6.07) is 20.5.